The molecule has 17 heavy (non-hydrogen) atoms. The molecule has 3 N–H and O–H groups in total. The zero-order chi connectivity index (χ0) is 13.6. The largest absolute Gasteiger partial charge is 0.391 e. The number of ketones is 1. The number of carbonyl (C=O) groups excluding carboxylic acids is 1. The Morgan fingerprint density at radius 3 is 2.06 bits per heavy atom. The lowest BCUT2D eigenvalue weighted by atomic mass is 9.83. The van der Waals surface area contributed by atoms with Crippen molar-refractivity contribution in [3.05, 3.63) is 0 Å². The third kappa shape index (κ3) is 3.48. The fraction of sp³-hybridized carbons (Fsp3) is 0.917. The Bertz CT molecular complexity index is 241. The van der Waals surface area contributed by atoms with Gasteiger partial charge in [0.1, 0.15) is 12.2 Å². The number of rotatable bonds is 8. The highest BCUT2D eigenvalue weighted by molar-refractivity contribution is 5.87. The van der Waals surface area contributed by atoms with Crippen LogP contribution in [0.4, 0.5) is 0 Å². The van der Waals surface area contributed by atoms with Crippen molar-refractivity contribution < 1.29 is 24.9 Å². The van der Waals surface area contributed by atoms with E-state index in [1.54, 1.807) is 20.8 Å². The predicted molar refractivity (Wildman–Crippen MR) is 63.6 cm³/mol. The minimum absolute atomic E-state index is 0.206. The van der Waals surface area contributed by atoms with Crippen molar-refractivity contribution in [2.45, 2.75) is 64.4 Å². The van der Waals surface area contributed by atoms with Crippen LogP contribution in [0.15, 0.2) is 0 Å². The van der Waals surface area contributed by atoms with E-state index >= 15 is 0 Å². The van der Waals surface area contributed by atoms with Crippen LogP contribution < -0.4 is 0 Å². The molecule has 0 saturated heterocycles. The second-order valence-corrected chi connectivity index (χ2v) is 4.13. The van der Waals surface area contributed by atoms with E-state index in [2.05, 4.69) is 0 Å². The van der Waals surface area contributed by atoms with Gasteiger partial charge in [0.15, 0.2) is 11.4 Å². The molecule has 0 aliphatic rings. The summed E-state index contributed by atoms with van der Waals surface area (Å²) in [6.07, 6.45) is -3.51. The van der Waals surface area contributed by atoms with E-state index in [9.17, 15) is 20.1 Å². The normalized spacial score (nSPS) is 20.4. The smallest absolute Gasteiger partial charge is 0.167 e. The molecule has 0 aromatic heterocycles. The topological polar surface area (TPSA) is 87.0 Å². The molecule has 0 spiro atoms. The molecule has 5 heteroatoms. The lowest BCUT2D eigenvalue weighted by molar-refractivity contribution is -0.186. The van der Waals surface area contributed by atoms with E-state index in [0.29, 0.717) is 0 Å². The maximum atomic E-state index is 11.9. The standard InChI is InChI=1S/C12H24O5/c1-5-9(14)12(6-2,17-7-3)11(16)10(15)8(4)13/h8,10-11,13,15-16H,5-7H2,1-4H3/t8-,10-,11+,12-/m1/s1. The summed E-state index contributed by atoms with van der Waals surface area (Å²) in [6.45, 7) is 6.71. The van der Waals surface area contributed by atoms with Gasteiger partial charge in [-0.3, -0.25) is 4.79 Å². The van der Waals surface area contributed by atoms with Crippen LogP contribution in [0.3, 0.4) is 0 Å². The molecule has 0 fully saturated rings. The molecule has 0 unspecified atom stereocenters. The van der Waals surface area contributed by atoms with E-state index in [4.69, 9.17) is 4.74 Å². The van der Waals surface area contributed by atoms with Gasteiger partial charge in [-0.25, -0.2) is 0 Å². The van der Waals surface area contributed by atoms with Crippen molar-refractivity contribution in [3.63, 3.8) is 0 Å². The molecule has 0 aliphatic carbocycles. The summed E-state index contributed by atoms with van der Waals surface area (Å²) >= 11 is 0. The fourth-order valence-electron chi connectivity index (χ4n) is 1.94. The second kappa shape index (κ2) is 7.06. The summed E-state index contributed by atoms with van der Waals surface area (Å²) in [6, 6.07) is 0. The zero-order valence-electron chi connectivity index (χ0n) is 11.0. The minimum atomic E-state index is -1.43. The third-order valence-corrected chi connectivity index (χ3v) is 3.02. The highest BCUT2D eigenvalue weighted by Crippen LogP contribution is 2.27. The summed E-state index contributed by atoms with van der Waals surface area (Å²) in [4.78, 5) is 11.9. The molecule has 0 heterocycles. The Kier molecular flexibility index (Phi) is 6.85. The lowest BCUT2D eigenvalue weighted by Crippen LogP contribution is -2.58. The zero-order valence-corrected chi connectivity index (χ0v) is 11.0. The van der Waals surface area contributed by atoms with Crippen molar-refractivity contribution in [2.75, 3.05) is 6.61 Å². The van der Waals surface area contributed by atoms with Gasteiger partial charge >= 0.3 is 0 Å². The van der Waals surface area contributed by atoms with Crippen molar-refractivity contribution in [1.82, 2.24) is 0 Å². The summed E-state index contributed by atoms with van der Waals surface area (Å²) in [5.74, 6) is -0.269. The first-order chi connectivity index (χ1) is 7.87. The highest BCUT2D eigenvalue weighted by Gasteiger charge is 2.47. The van der Waals surface area contributed by atoms with Crippen LogP contribution in [0.1, 0.15) is 40.5 Å². The number of aliphatic hydroxyl groups is 3. The van der Waals surface area contributed by atoms with Crippen LogP contribution in [-0.4, -0.2) is 51.6 Å². The van der Waals surface area contributed by atoms with E-state index in [0.717, 1.165) is 0 Å². The molecule has 0 aromatic carbocycles. The maximum absolute atomic E-state index is 11.9. The number of hydrogen-bond donors (Lipinski definition) is 3. The van der Waals surface area contributed by atoms with Crippen LogP contribution >= 0.6 is 0 Å². The first kappa shape index (κ1) is 16.5. The van der Waals surface area contributed by atoms with Crippen LogP contribution in [0, 0.1) is 0 Å². The van der Waals surface area contributed by atoms with Gasteiger partial charge in [0, 0.05) is 13.0 Å². The molecule has 0 aromatic rings. The summed E-state index contributed by atoms with van der Waals surface area (Å²) in [7, 11) is 0. The van der Waals surface area contributed by atoms with Crippen molar-refractivity contribution >= 4 is 5.78 Å². The third-order valence-electron chi connectivity index (χ3n) is 3.02. The van der Waals surface area contributed by atoms with Gasteiger partial charge in [-0.05, 0) is 20.3 Å². The number of aliphatic hydroxyl groups excluding tert-OH is 3. The van der Waals surface area contributed by atoms with Crippen molar-refractivity contribution in [1.29, 1.82) is 0 Å². The Morgan fingerprint density at radius 2 is 1.76 bits per heavy atom. The van der Waals surface area contributed by atoms with Gasteiger partial charge in [-0.15, -0.1) is 0 Å². The molecule has 0 bridgehead atoms. The average molecular weight is 248 g/mol. The number of hydrogen-bond acceptors (Lipinski definition) is 5. The predicted octanol–water partition coefficient (Wildman–Crippen LogP) is 0.253. The molecule has 0 saturated carbocycles. The second-order valence-electron chi connectivity index (χ2n) is 4.13. The van der Waals surface area contributed by atoms with Crippen LogP contribution in [0.5, 0.6) is 0 Å². The molecule has 0 rings (SSSR count). The van der Waals surface area contributed by atoms with Gasteiger partial charge in [-0.2, -0.15) is 0 Å². The summed E-state index contributed by atoms with van der Waals surface area (Å²) in [5.41, 5.74) is -1.43. The van der Waals surface area contributed by atoms with Crippen molar-refractivity contribution in [2.24, 2.45) is 0 Å². The molecule has 102 valence electrons. The Morgan fingerprint density at radius 1 is 1.24 bits per heavy atom. The first-order valence-electron chi connectivity index (χ1n) is 6.08. The van der Waals surface area contributed by atoms with Gasteiger partial charge in [0.25, 0.3) is 0 Å². The number of ether oxygens (including phenoxy) is 1. The molecule has 4 atom stereocenters. The monoisotopic (exact) mass is 248 g/mol. The lowest BCUT2D eigenvalue weighted by Gasteiger charge is -2.38. The Hall–Kier alpha value is -0.490. The van der Waals surface area contributed by atoms with Crippen LogP contribution in [-0.2, 0) is 9.53 Å². The number of carbonyl (C=O) groups is 1. The molecule has 0 aliphatic heterocycles. The minimum Gasteiger partial charge on any atom is -0.391 e. The first-order valence-corrected chi connectivity index (χ1v) is 6.08. The molecule has 5 nitrogen and oxygen atoms in total. The SMILES string of the molecule is CCO[C@](CC)(C(=O)CC)[C@@H](O)[C@H](O)[C@@H](C)O. The Balaban J connectivity index is 5.20. The van der Waals surface area contributed by atoms with Crippen LogP contribution in [0.25, 0.3) is 0 Å². The van der Waals surface area contributed by atoms with Gasteiger partial charge in [-0.1, -0.05) is 13.8 Å². The van der Waals surface area contributed by atoms with E-state index in [1.165, 1.54) is 6.92 Å². The maximum Gasteiger partial charge on any atom is 0.167 e. The van der Waals surface area contributed by atoms with Gasteiger partial charge in [0.2, 0.25) is 0 Å². The van der Waals surface area contributed by atoms with E-state index in [1.807, 2.05) is 0 Å². The summed E-state index contributed by atoms with van der Waals surface area (Å²) < 4.78 is 5.39. The molecule has 0 radical (unpaired) electrons. The fourth-order valence-corrected chi connectivity index (χ4v) is 1.94. The molecule has 0 amide bonds. The summed E-state index contributed by atoms with van der Waals surface area (Å²) in [5, 5.41) is 29.1. The molecular weight excluding hydrogens is 224 g/mol. The van der Waals surface area contributed by atoms with Crippen molar-refractivity contribution in [3.8, 4) is 0 Å². The van der Waals surface area contributed by atoms with Crippen LogP contribution in [0.2, 0.25) is 0 Å². The number of Topliss-reactive ketones (excluding diaryl/α,β-unsaturated/α-hetero) is 1. The average Bonchev–Trinajstić information content (AvgIpc) is 2.33. The van der Waals surface area contributed by atoms with Gasteiger partial charge < -0.3 is 20.1 Å². The Labute approximate surface area is 102 Å². The van der Waals surface area contributed by atoms with E-state index < -0.39 is 23.9 Å². The molecular formula is C12H24O5. The van der Waals surface area contributed by atoms with Gasteiger partial charge in [0.05, 0.1) is 6.10 Å². The van der Waals surface area contributed by atoms with E-state index in [-0.39, 0.29) is 25.2 Å². The quantitative estimate of drug-likeness (QED) is 0.573. The highest BCUT2D eigenvalue weighted by atomic mass is 16.5.